The first-order chi connectivity index (χ1) is 37.8. The van der Waals surface area contributed by atoms with Crippen molar-refractivity contribution < 1.29 is 85.7 Å². The number of hydrogen-bond donors (Lipinski definition) is 0. The van der Waals surface area contributed by atoms with Crippen molar-refractivity contribution in [2.75, 3.05) is 39.6 Å². The summed E-state index contributed by atoms with van der Waals surface area (Å²) in [6, 6.07) is 17.6. The second-order valence-corrected chi connectivity index (χ2v) is 18.9. The van der Waals surface area contributed by atoms with Crippen LogP contribution in [0.4, 0.5) is 0 Å². The summed E-state index contributed by atoms with van der Waals surface area (Å²) in [7, 11) is 0. The highest BCUT2D eigenvalue weighted by molar-refractivity contribution is 5.94. The highest BCUT2D eigenvalue weighted by Gasteiger charge is 2.35. The van der Waals surface area contributed by atoms with E-state index in [0.717, 1.165) is 69.6 Å². The van der Waals surface area contributed by atoms with Gasteiger partial charge in [0.2, 0.25) is 0 Å². The number of hydrogen-bond acceptors (Lipinski definition) is 18. The number of unbranched alkanes of at least 4 members (excludes halogenated alkanes) is 7. The fraction of sp³-hybridized carbons (Fsp3) is 0.467. The van der Waals surface area contributed by atoms with Crippen LogP contribution in [-0.2, 0) is 52.5 Å². The summed E-state index contributed by atoms with van der Waals surface area (Å²) in [5, 5.41) is 0. The first-order valence-corrected chi connectivity index (χ1v) is 26.9. The molecule has 0 bridgehead atoms. The summed E-state index contributed by atoms with van der Waals surface area (Å²) in [4.78, 5) is 100. The summed E-state index contributed by atoms with van der Waals surface area (Å²) in [6.45, 7) is 11.9. The third-order valence-electron chi connectivity index (χ3n) is 13.1. The Morgan fingerprint density at radius 3 is 1.03 bits per heavy atom. The van der Waals surface area contributed by atoms with Gasteiger partial charge in [-0.1, -0.05) is 19.7 Å². The fourth-order valence-corrected chi connectivity index (χ4v) is 8.59. The van der Waals surface area contributed by atoms with Gasteiger partial charge in [-0.05, 0) is 182 Å². The van der Waals surface area contributed by atoms with Crippen LogP contribution in [0.5, 0.6) is 34.5 Å². The monoisotopic (exact) mass is 1080 g/mol. The van der Waals surface area contributed by atoms with Gasteiger partial charge >= 0.3 is 47.8 Å². The molecule has 0 aromatic heterocycles. The maximum atomic E-state index is 13.6. The molecule has 0 amide bonds. The van der Waals surface area contributed by atoms with Crippen molar-refractivity contribution in [1.29, 1.82) is 0 Å². The Morgan fingerprint density at radius 2 is 0.654 bits per heavy atom. The van der Waals surface area contributed by atoms with Crippen LogP contribution >= 0.6 is 0 Å². The van der Waals surface area contributed by atoms with Gasteiger partial charge in [0.05, 0.1) is 63.3 Å². The number of rotatable bonds is 33. The molecule has 420 valence electrons. The van der Waals surface area contributed by atoms with E-state index in [4.69, 9.17) is 47.4 Å². The number of esters is 8. The van der Waals surface area contributed by atoms with E-state index in [1.165, 1.54) is 18.2 Å². The Hall–Kier alpha value is -7.76. The average molecular weight is 1080 g/mol. The van der Waals surface area contributed by atoms with E-state index in [2.05, 4.69) is 19.7 Å². The van der Waals surface area contributed by atoms with Crippen molar-refractivity contribution >= 4 is 47.8 Å². The molecule has 3 aromatic rings. The Bertz CT molecular complexity index is 2460. The quantitative estimate of drug-likeness (QED) is 0.0181. The van der Waals surface area contributed by atoms with E-state index in [1.54, 1.807) is 48.5 Å². The zero-order chi connectivity index (χ0) is 55.9. The third kappa shape index (κ3) is 22.1. The Labute approximate surface area is 455 Å². The predicted octanol–water partition coefficient (Wildman–Crippen LogP) is 10.3. The normalized spacial score (nSPS) is 16.7. The van der Waals surface area contributed by atoms with Crippen LogP contribution < -0.4 is 28.4 Å². The maximum Gasteiger partial charge on any atom is 0.342 e. The molecule has 0 aliphatic heterocycles. The minimum absolute atomic E-state index is 0.0240. The van der Waals surface area contributed by atoms with E-state index in [1.807, 2.05) is 0 Å². The van der Waals surface area contributed by atoms with Gasteiger partial charge < -0.3 is 47.4 Å². The number of carbonyl (C=O) groups is 8. The smallest absolute Gasteiger partial charge is 0.342 e. The average Bonchev–Trinajstić information content (AvgIpc) is 3.46. The molecular weight excluding hydrogens is 1010 g/mol. The molecule has 0 radical (unpaired) electrons. The molecule has 2 aliphatic carbocycles. The molecule has 18 nitrogen and oxygen atoms in total. The van der Waals surface area contributed by atoms with Gasteiger partial charge in [0, 0.05) is 18.2 Å². The molecule has 0 heterocycles. The Morgan fingerprint density at radius 1 is 0.359 bits per heavy atom. The van der Waals surface area contributed by atoms with Crippen molar-refractivity contribution in [2.24, 2.45) is 23.7 Å². The summed E-state index contributed by atoms with van der Waals surface area (Å²) in [5.74, 6) is -4.25. The molecular formula is C60H72O18. The lowest BCUT2D eigenvalue weighted by molar-refractivity contribution is -0.145. The van der Waals surface area contributed by atoms with Crippen LogP contribution in [0.1, 0.15) is 126 Å². The first-order valence-electron chi connectivity index (χ1n) is 26.9. The molecule has 0 saturated heterocycles. The fourth-order valence-electron chi connectivity index (χ4n) is 8.59. The van der Waals surface area contributed by atoms with Gasteiger partial charge in [-0.15, -0.1) is 0 Å². The lowest BCUT2D eigenvalue weighted by Gasteiger charge is -2.26. The van der Waals surface area contributed by atoms with Crippen LogP contribution in [0.3, 0.4) is 0 Å². The van der Waals surface area contributed by atoms with Crippen molar-refractivity contribution in [3.05, 3.63) is 110 Å². The summed E-state index contributed by atoms with van der Waals surface area (Å²) in [6.07, 6.45) is 13.8. The molecule has 0 spiro atoms. The SMILES string of the molecule is C=CC(=O)OCCCCCCOc1ccc(OC(=O)C2CCC(C(=O)Oc3ccc(OC(=O)C4CCC(C(=O)Oc5ccc(OCCCCCCOC(=O)C=C)cc5)CC4)c(C(=O)OCCCCOC(=O)C=C)c3)CC2)cc1. The van der Waals surface area contributed by atoms with Crippen molar-refractivity contribution in [2.45, 2.75) is 116 Å². The van der Waals surface area contributed by atoms with Crippen LogP contribution in [0.2, 0.25) is 0 Å². The molecule has 18 heteroatoms. The standard InChI is InChI=1S/C60H72O18/c1-4-53(61)71-37-13-9-7-11-35-69-46-25-29-48(30-26-46)75-56(64)42-17-19-44(20-18-42)58(66)77-50-33-34-52(51(41-50)60(68)74-40-16-15-39-73-55(63)6-3)78-59(67)45-23-21-43(22-24-45)57(65)76-49-31-27-47(28-32-49)70-36-12-8-10-14-38-72-54(62)5-2/h4-6,25-34,41-45H,1-3,7-24,35-40H2. The molecule has 0 unspecified atom stereocenters. The molecule has 2 aliphatic rings. The molecule has 0 atom stereocenters. The van der Waals surface area contributed by atoms with Crippen LogP contribution in [0, 0.1) is 23.7 Å². The largest absolute Gasteiger partial charge is 0.494 e. The predicted molar refractivity (Wildman–Crippen MR) is 284 cm³/mol. The molecule has 2 fully saturated rings. The van der Waals surface area contributed by atoms with E-state index >= 15 is 0 Å². The van der Waals surface area contributed by atoms with Crippen molar-refractivity contribution in [1.82, 2.24) is 0 Å². The van der Waals surface area contributed by atoms with Gasteiger partial charge in [-0.3, -0.25) is 19.2 Å². The van der Waals surface area contributed by atoms with E-state index < -0.39 is 71.4 Å². The zero-order valence-corrected chi connectivity index (χ0v) is 44.3. The number of ether oxygens (including phenoxy) is 10. The van der Waals surface area contributed by atoms with Gasteiger partial charge in [-0.25, -0.2) is 19.2 Å². The summed E-state index contributed by atoms with van der Waals surface area (Å²) < 4.78 is 54.9. The molecule has 2 saturated carbocycles. The lowest BCUT2D eigenvalue weighted by atomic mass is 9.82. The van der Waals surface area contributed by atoms with Crippen LogP contribution in [-0.4, -0.2) is 87.4 Å². The highest BCUT2D eigenvalue weighted by Crippen LogP contribution is 2.35. The van der Waals surface area contributed by atoms with Crippen LogP contribution in [0.15, 0.2) is 105 Å². The van der Waals surface area contributed by atoms with Crippen molar-refractivity contribution in [3.8, 4) is 34.5 Å². The zero-order valence-electron chi connectivity index (χ0n) is 44.3. The molecule has 5 rings (SSSR count). The van der Waals surface area contributed by atoms with Gasteiger partial charge in [0.25, 0.3) is 0 Å². The lowest BCUT2D eigenvalue weighted by Crippen LogP contribution is -2.31. The molecule has 3 aromatic carbocycles. The maximum absolute atomic E-state index is 13.6. The van der Waals surface area contributed by atoms with Gasteiger partial charge in [0.1, 0.15) is 40.1 Å². The van der Waals surface area contributed by atoms with Crippen LogP contribution in [0.25, 0.3) is 0 Å². The van der Waals surface area contributed by atoms with Crippen molar-refractivity contribution in [3.63, 3.8) is 0 Å². The van der Waals surface area contributed by atoms with E-state index in [-0.39, 0.29) is 30.3 Å². The minimum Gasteiger partial charge on any atom is -0.494 e. The minimum atomic E-state index is -0.836. The Kier molecular flexibility index (Phi) is 26.7. The second-order valence-electron chi connectivity index (χ2n) is 18.9. The van der Waals surface area contributed by atoms with Gasteiger partial charge in [-0.2, -0.15) is 0 Å². The summed E-state index contributed by atoms with van der Waals surface area (Å²) in [5.41, 5.74) is -0.149. The third-order valence-corrected chi connectivity index (χ3v) is 13.1. The molecule has 0 N–H and O–H groups in total. The van der Waals surface area contributed by atoms with Gasteiger partial charge in [0.15, 0.2) is 0 Å². The number of benzene rings is 3. The number of carbonyl (C=O) groups excluding carboxylic acids is 8. The van der Waals surface area contributed by atoms with E-state index in [9.17, 15) is 38.4 Å². The topological polar surface area (TPSA) is 229 Å². The first kappa shape index (κ1) is 61.1. The summed E-state index contributed by atoms with van der Waals surface area (Å²) >= 11 is 0. The van der Waals surface area contributed by atoms with E-state index in [0.29, 0.717) is 114 Å². The molecule has 78 heavy (non-hydrogen) atoms. The Balaban J connectivity index is 1.06. The second kappa shape index (κ2) is 34.1. The highest BCUT2D eigenvalue weighted by atomic mass is 16.6.